The van der Waals surface area contributed by atoms with Crippen LogP contribution in [0, 0.1) is 25.0 Å². The molecule has 227 valence electrons. The van der Waals surface area contributed by atoms with Gasteiger partial charge in [-0.3, -0.25) is 0 Å². The molecule has 0 saturated carbocycles. The SMILES string of the molecule is CCc1cc(-c2[c-]cccc2)ncc1-c1ccccc1.Cc1ccnc(-c2[c-]cc3c4ccccc4n(CC(C)C)c3c2)c1.[Ir]. The summed E-state index contributed by atoms with van der Waals surface area (Å²) < 4.78 is 2.43. The minimum atomic E-state index is 0. The molecule has 4 heteroatoms. The standard InChI is InChI=1S/C22H21N2.C19H16N.Ir/c1-15(2)14-24-21-7-5-4-6-18(21)19-9-8-17(13-22(19)24)20-12-16(3)10-11-23-20;1-2-15-13-19(17-11-7-4-8-12-17)20-14-18(15)16-9-5-3-6-10-16;/h4-7,9-13,15H,14H2,1-3H3;3-11,13-14H,2H2,1H3;/q2*-1;. The number of rotatable bonds is 6. The third-order valence-electron chi connectivity index (χ3n) is 7.88. The zero-order valence-electron chi connectivity index (χ0n) is 26.2. The maximum Gasteiger partial charge on any atom is 0.0383 e. The minimum absolute atomic E-state index is 0. The number of aryl methyl sites for hydroxylation is 2. The summed E-state index contributed by atoms with van der Waals surface area (Å²) in [5, 5.41) is 2.57. The molecule has 45 heavy (non-hydrogen) atoms. The van der Waals surface area contributed by atoms with Crippen molar-refractivity contribution < 1.29 is 20.1 Å². The summed E-state index contributed by atoms with van der Waals surface area (Å²) >= 11 is 0. The van der Waals surface area contributed by atoms with Crippen LogP contribution >= 0.6 is 0 Å². The molecule has 0 saturated heterocycles. The quantitative estimate of drug-likeness (QED) is 0.158. The second kappa shape index (κ2) is 14.6. The van der Waals surface area contributed by atoms with Crippen LogP contribution in [0.15, 0.2) is 122 Å². The molecule has 0 unspecified atom stereocenters. The van der Waals surface area contributed by atoms with Crippen LogP contribution in [0.25, 0.3) is 55.4 Å². The van der Waals surface area contributed by atoms with Crippen molar-refractivity contribution in [3.63, 3.8) is 0 Å². The average molecular weight is 764 g/mol. The summed E-state index contributed by atoms with van der Waals surface area (Å²) in [6, 6.07) is 44.4. The molecular formula is C41H37IrN3-2. The Balaban J connectivity index is 0.000000177. The Hall–Kier alpha value is -4.37. The fourth-order valence-corrected chi connectivity index (χ4v) is 5.75. The first kappa shape index (κ1) is 32.0. The van der Waals surface area contributed by atoms with Gasteiger partial charge in [0, 0.05) is 50.1 Å². The van der Waals surface area contributed by atoms with E-state index >= 15 is 0 Å². The number of aromatic nitrogens is 3. The van der Waals surface area contributed by atoms with E-state index in [2.05, 4.69) is 127 Å². The normalized spacial score (nSPS) is 10.9. The number of para-hydroxylation sites is 1. The Kier molecular flexibility index (Phi) is 10.4. The van der Waals surface area contributed by atoms with Crippen molar-refractivity contribution in [3.05, 3.63) is 145 Å². The van der Waals surface area contributed by atoms with Gasteiger partial charge >= 0.3 is 0 Å². The van der Waals surface area contributed by atoms with E-state index in [1.165, 1.54) is 44.1 Å². The molecule has 0 aliphatic rings. The maximum absolute atomic E-state index is 4.60. The van der Waals surface area contributed by atoms with Crippen LogP contribution in [0.5, 0.6) is 0 Å². The second-order valence-electron chi connectivity index (χ2n) is 11.6. The van der Waals surface area contributed by atoms with Crippen molar-refractivity contribution in [2.24, 2.45) is 5.92 Å². The number of nitrogens with zero attached hydrogens (tertiary/aromatic N) is 3. The van der Waals surface area contributed by atoms with Crippen molar-refractivity contribution in [1.29, 1.82) is 0 Å². The number of fused-ring (bicyclic) bond motifs is 3. The molecular weight excluding hydrogens is 727 g/mol. The van der Waals surface area contributed by atoms with Crippen LogP contribution in [0.4, 0.5) is 0 Å². The summed E-state index contributed by atoms with van der Waals surface area (Å²) in [6.07, 6.45) is 4.84. The smallest absolute Gasteiger partial charge is 0.0383 e. The fourth-order valence-electron chi connectivity index (χ4n) is 5.75. The molecule has 0 aliphatic heterocycles. The summed E-state index contributed by atoms with van der Waals surface area (Å²) in [5.74, 6) is 0.591. The molecule has 0 amide bonds. The first-order chi connectivity index (χ1) is 21.5. The predicted octanol–water partition coefficient (Wildman–Crippen LogP) is 10.4. The predicted molar refractivity (Wildman–Crippen MR) is 184 cm³/mol. The zero-order chi connectivity index (χ0) is 30.5. The molecule has 0 spiro atoms. The van der Waals surface area contributed by atoms with Gasteiger partial charge in [0.2, 0.25) is 0 Å². The maximum atomic E-state index is 4.60. The van der Waals surface area contributed by atoms with E-state index in [0.717, 1.165) is 35.5 Å². The van der Waals surface area contributed by atoms with Crippen molar-refractivity contribution in [2.45, 2.75) is 40.7 Å². The minimum Gasteiger partial charge on any atom is -0.358 e. The van der Waals surface area contributed by atoms with Gasteiger partial charge < -0.3 is 14.5 Å². The van der Waals surface area contributed by atoms with Gasteiger partial charge in [-0.2, -0.15) is 0 Å². The van der Waals surface area contributed by atoms with Gasteiger partial charge in [-0.05, 0) is 64.8 Å². The molecule has 7 rings (SSSR count). The van der Waals surface area contributed by atoms with Gasteiger partial charge in [-0.25, -0.2) is 0 Å². The Bertz CT molecular complexity index is 2010. The molecule has 4 aromatic carbocycles. The van der Waals surface area contributed by atoms with E-state index in [9.17, 15) is 0 Å². The summed E-state index contributed by atoms with van der Waals surface area (Å²) in [6.45, 7) is 9.81. The Labute approximate surface area is 280 Å². The first-order valence-corrected chi connectivity index (χ1v) is 15.4. The van der Waals surface area contributed by atoms with Crippen LogP contribution in [-0.2, 0) is 33.1 Å². The van der Waals surface area contributed by atoms with Gasteiger partial charge in [0.15, 0.2) is 0 Å². The van der Waals surface area contributed by atoms with E-state index in [1.54, 1.807) is 0 Å². The Morgan fingerprint density at radius 1 is 0.733 bits per heavy atom. The Morgan fingerprint density at radius 2 is 1.49 bits per heavy atom. The third kappa shape index (κ3) is 7.14. The monoisotopic (exact) mass is 764 g/mol. The van der Waals surface area contributed by atoms with Crippen molar-refractivity contribution in [1.82, 2.24) is 14.5 Å². The summed E-state index contributed by atoms with van der Waals surface area (Å²) in [4.78, 5) is 9.12. The molecule has 0 fully saturated rings. The zero-order valence-corrected chi connectivity index (χ0v) is 28.6. The first-order valence-electron chi connectivity index (χ1n) is 15.4. The van der Waals surface area contributed by atoms with Crippen molar-refractivity contribution >= 4 is 21.8 Å². The molecule has 0 aliphatic carbocycles. The van der Waals surface area contributed by atoms with Crippen LogP contribution in [0.2, 0.25) is 0 Å². The molecule has 0 bridgehead atoms. The van der Waals surface area contributed by atoms with E-state index in [4.69, 9.17) is 0 Å². The van der Waals surface area contributed by atoms with Crippen LogP contribution in [-0.4, -0.2) is 14.5 Å². The van der Waals surface area contributed by atoms with E-state index in [1.807, 2.05) is 48.8 Å². The molecule has 3 heterocycles. The van der Waals surface area contributed by atoms with Gasteiger partial charge in [0.1, 0.15) is 0 Å². The molecule has 3 nitrogen and oxygen atoms in total. The van der Waals surface area contributed by atoms with Gasteiger partial charge in [0.05, 0.1) is 0 Å². The van der Waals surface area contributed by atoms with Crippen LogP contribution in [0.1, 0.15) is 31.9 Å². The second-order valence-corrected chi connectivity index (χ2v) is 11.6. The molecule has 7 aromatic rings. The van der Waals surface area contributed by atoms with Gasteiger partial charge in [-0.1, -0.05) is 92.4 Å². The average Bonchev–Trinajstić information content (AvgIpc) is 3.37. The van der Waals surface area contributed by atoms with Crippen molar-refractivity contribution in [2.75, 3.05) is 0 Å². The summed E-state index contributed by atoms with van der Waals surface area (Å²) in [5.41, 5.74) is 11.6. The van der Waals surface area contributed by atoms with Crippen molar-refractivity contribution in [3.8, 4) is 33.6 Å². The largest absolute Gasteiger partial charge is 0.358 e. The van der Waals surface area contributed by atoms with E-state index in [-0.39, 0.29) is 20.1 Å². The van der Waals surface area contributed by atoms with E-state index in [0.29, 0.717) is 5.92 Å². The number of hydrogen-bond donors (Lipinski definition) is 0. The summed E-state index contributed by atoms with van der Waals surface area (Å²) in [7, 11) is 0. The molecule has 0 atom stereocenters. The third-order valence-corrected chi connectivity index (χ3v) is 7.88. The van der Waals surface area contributed by atoms with Crippen LogP contribution < -0.4 is 0 Å². The fraction of sp³-hybridized carbons (Fsp3) is 0.171. The Morgan fingerprint density at radius 3 is 2.22 bits per heavy atom. The molecule has 1 radical (unpaired) electrons. The molecule has 3 aromatic heterocycles. The van der Waals surface area contributed by atoms with Crippen LogP contribution in [0.3, 0.4) is 0 Å². The number of hydrogen-bond acceptors (Lipinski definition) is 2. The van der Waals surface area contributed by atoms with Gasteiger partial charge in [-0.15, -0.1) is 59.7 Å². The molecule has 0 N–H and O–H groups in total. The van der Waals surface area contributed by atoms with Gasteiger partial charge in [0.25, 0.3) is 0 Å². The number of benzene rings is 4. The number of pyridine rings is 2. The van der Waals surface area contributed by atoms with E-state index < -0.39 is 0 Å². The topological polar surface area (TPSA) is 30.7 Å².